The minimum absolute atomic E-state index is 0. The molecule has 0 aromatic carbocycles. The maximum atomic E-state index is 3.44. The van der Waals surface area contributed by atoms with Gasteiger partial charge in [-0.2, -0.15) is 17.6 Å². The first-order chi connectivity index (χ1) is 8.92. The van der Waals surface area contributed by atoms with Crippen molar-refractivity contribution in [2.45, 2.75) is 47.5 Å². The average molecular weight is 376 g/mol. The van der Waals surface area contributed by atoms with Gasteiger partial charge in [-0.1, -0.05) is 57.8 Å². The molecule has 0 spiro atoms. The molecule has 0 aromatic heterocycles. The van der Waals surface area contributed by atoms with Gasteiger partial charge in [0.15, 0.2) is 0 Å². The van der Waals surface area contributed by atoms with Gasteiger partial charge in [0.05, 0.1) is 0 Å². The Morgan fingerprint density at radius 2 is 1.68 bits per heavy atom. The molecule has 0 radical (unpaired) electrons. The second-order valence-corrected chi connectivity index (χ2v) is 6.45. The van der Waals surface area contributed by atoms with Gasteiger partial charge >= 0.3 is 26.2 Å². The summed E-state index contributed by atoms with van der Waals surface area (Å²) in [7, 11) is 0. The summed E-state index contributed by atoms with van der Waals surface area (Å²) in [5.41, 5.74) is 4.39. The smallest absolute Gasteiger partial charge is 0.358 e. The van der Waals surface area contributed by atoms with E-state index >= 15 is 0 Å². The van der Waals surface area contributed by atoms with Crippen LogP contribution in [0.15, 0.2) is 41.0 Å². The number of rotatable bonds is 0. The van der Waals surface area contributed by atoms with Crippen molar-refractivity contribution in [2.24, 2.45) is 17.3 Å². The molecule has 22 heavy (non-hydrogen) atoms. The van der Waals surface area contributed by atoms with E-state index in [1.807, 2.05) is 0 Å². The summed E-state index contributed by atoms with van der Waals surface area (Å²) in [6.45, 7) is 10.9. The van der Waals surface area contributed by atoms with E-state index in [0.717, 1.165) is 11.8 Å². The molecule has 1 fully saturated rings. The van der Waals surface area contributed by atoms with E-state index in [4.69, 9.17) is 0 Å². The van der Waals surface area contributed by atoms with Crippen molar-refractivity contribution in [3.63, 3.8) is 0 Å². The molecule has 0 aliphatic heterocycles. The van der Waals surface area contributed by atoms with Crippen molar-refractivity contribution < 1.29 is 26.2 Å². The van der Waals surface area contributed by atoms with Crippen LogP contribution in [0.5, 0.6) is 0 Å². The molecule has 1 saturated carbocycles. The normalized spacial score (nSPS) is 26.7. The molecule has 0 bridgehead atoms. The van der Waals surface area contributed by atoms with Crippen LogP contribution in [0.25, 0.3) is 0 Å². The summed E-state index contributed by atoms with van der Waals surface area (Å²) >= 11 is 0. The molecule has 0 saturated heterocycles. The third-order valence-electron chi connectivity index (χ3n) is 4.80. The molecule has 2 atom stereocenters. The largest absolute Gasteiger partial charge is 4.00 e. The average Bonchev–Trinajstić information content (AvgIpc) is 2.90. The van der Waals surface area contributed by atoms with E-state index in [2.05, 4.69) is 71.4 Å². The van der Waals surface area contributed by atoms with E-state index in [-0.39, 0.29) is 46.5 Å². The summed E-state index contributed by atoms with van der Waals surface area (Å²) in [6, 6.07) is 0. The van der Waals surface area contributed by atoms with Crippen LogP contribution < -0.4 is 0 Å². The first-order valence-corrected chi connectivity index (χ1v) is 7.40. The molecule has 3 aliphatic rings. The van der Waals surface area contributed by atoms with Gasteiger partial charge < -0.3 is 21.3 Å². The predicted molar refractivity (Wildman–Crippen MR) is 96.2 cm³/mol. The Morgan fingerprint density at radius 1 is 1.09 bits per heavy atom. The molecule has 0 N–H and O–H groups in total. The minimum Gasteiger partial charge on any atom is -0.358 e. The summed E-state index contributed by atoms with van der Waals surface area (Å²) < 4.78 is 0. The number of fused-ring (bicyclic) bond motifs is 1. The van der Waals surface area contributed by atoms with E-state index in [1.165, 1.54) is 29.6 Å². The molecule has 0 heterocycles. The van der Waals surface area contributed by atoms with Crippen LogP contribution in [0.4, 0.5) is 0 Å². The molecular formula is C21H32Zr. The molecule has 2 unspecified atom stereocenters. The molecule has 0 amide bonds. The van der Waals surface area contributed by atoms with Crippen LogP contribution in [0, 0.1) is 44.6 Å². The van der Waals surface area contributed by atoms with Gasteiger partial charge in [0, 0.05) is 0 Å². The van der Waals surface area contributed by atoms with E-state index < -0.39 is 0 Å². The number of allylic oxidation sites excluding steroid dienone is 8. The Kier molecular flexibility index (Phi) is 10.8. The van der Waals surface area contributed by atoms with Crippen molar-refractivity contribution in [1.29, 1.82) is 0 Å². The van der Waals surface area contributed by atoms with Gasteiger partial charge in [0.25, 0.3) is 0 Å². The van der Waals surface area contributed by atoms with Gasteiger partial charge in [-0.3, -0.25) is 6.08 Å². The SMILES string of the molecule is C1=CC2[CH-]CCC2C=C1.CC1=[C-]C(C)(C)C(C)=C1C.[CH3-].[CH3-].[Zr+4]. The van der Waals surface area contributed by atoms with Gasteiger partial charge in [-0.05, 0) is 5.92 Å². The Balaban J connectivity index is 0. The maximum Gasteiger partial charge on any atom is 4.00 e. The Bertz CT molecular complexity index is 442. The number of hydrogen-bond acceptors (Lipinski definition) is 0. The predicted octanol–water partition coefficient (Wildman–Crippen LogP) is 6.35. The summed E-state index contributed by atoms with van der Waals surface area (Å²) in [6.07, 6.45) is 17.5. The van der Waals surface area contributed by atoms with E-state index in [0.29, 0.717) is 0 Å². The van der Waals surface area contributed by atoms with Gasteiger partial charge in [-0.15, -0.1) is 18.9 Å². The van der Waals surface area contributed by atoms with Crippen molar-refractivity contribution in [3.8, 4) is 0 Å². The third-order valence-corrected chi connectivity index (χ3v) is 4.80. The topological polar surface area (TPSA) is 0 Å². The first kappa shape index (κ1) is 24.1. The van der Waals surface area contributed by atoms with Crippen LogP contribution in [0.1, 0.15) is 47.5 Å². The Hall–Kier alpha value is -0.157. The van der Waals surface area contributed by atoms with Gasteiger partial charge in [0.2, 0.25) is 0 Å². The van der Waals surface area contributed by atoms with Crippen LogP contribution >= 0.6 is 0 Å². The van der Waals surface area contributed by atoms with Crippen molar-refractivity contribution in [2.75, 3.05) is 0 Å². The minimum atomic E-state index is 0. The van der Waals surface area contributed by atoms with Crippen molar-refractivity contribution in [3.05, 3.63) is 68.4 Å². The second-order valence-electron chi connectivity index (χ2n) is 6.45. The standard InChI is InChI=1S/C10H15.C9H11.2CH3.Zr/c1-7-6-10(4,5)9(3)8(7)2;1-2-5-9-7-3-6-8(9)4-1;;;/h1-5H3;1-2,4-6,8-9H,3,7H2;2*1H3;/q4*-1;+4. The number of hydrogen-bond donors (Lipinski definition) is 0. The van der Waals surface area contributed by atoms with E-state index in [1.54, 1.807) is 0 Å². The Morgan fingerprint density at radius 3 is 2.09 bits per heavy atom. The van der Waals surface area contributed by atoms with Crippen LogP contribution in [0.3, 0.4) is 0 Å². The molecule has 0 aromatic rings. The van der Waals surface area contributed by atoms with Crippen LogP contribution in [-0.4, -0.2) is 0 Å². The van der Waals surface area contributed by atoms with Crippen LogP contribution in [0.2, 0.25) is 0 Å². The van der Waals surface area contributed by atoms with Gasteiger partial charge in [0.1, 0.15) is 0 Å². The second kappa shape index (κ2) is 9.87. The summed E-state index contributed by atoms with van der Waals surface area (Å²) in [5.74, 6) is 1.62. The molecule has 1 heteroatoms. The molecule has 120 valence electrons. The summed E-state index contributed by atoms with van der Waals surface area (Å²) in [4.78, 5) is 0. The fourth-order valence-corrected chi connectivity index (χ4v) is 3.10. The molecular weight excluding hydrogens is 343 g/mol. The molecule has 0 nitrogen and oxygen atoms in total. The quantitative estimate of drug-likeness (QED) is 0.432. The third kappa shape index (κ3) is 5.48. The zero-order valence-electron chi connectivity index (χ0n) is 15.5. The molecule has 3 aliphatic carbocycles. The monoisotopic (exact) mass is 374 g/mol. The zero-order valence-corrected chi connectivity index (χ0v) is 17.9. The maximum absolute atomic E-state index is 3.44. The van der Waals surface area contributed by atoms with Crippen molar-refractivity contribution >= 4 is 0 Å². The molecule has 3 rings (SSSR count). The fourth-order valence-electron chi connectivity index (χ4n) is 3.10. The first-order valence-electron chi connectivity index (χ1n) is 7.40. The van der Waals surface area contributed by atoms with Crippen molar-refractivity contribution in [1.82, 2.24) is 0 Å². The fraction of sp³-hybridized carbons (Fsp3) is 0.476. The van der Waals surface area contributed by atoms with E-state index in [9.17, 15) is 0 Å². The zero-order chi connectivity index (χ0) is 14.0. The summed E-state index contributed by atoms with van der Waals surface area (Å²) in [5, 5.41) is 0. The van der Waals surface area contributed by atoms with Crippen LogP contribution in [-0.2, 0) is 26.2 Å². The Labute approximate surface area is 159 Å². The van der Waals surface area contributed by atoms with Gasteiger partial charge in [-0.25, -0.2) is 5.57 Å².